The lowest BCUT2D eigenvalue weighted by molar-refractivity contribution is -0.142. The number of methoxy groups -OCH3 is 1. The van der Waals surface area contributed by atoms with Crippen molar-refractivity contribution in [3.8, 4) is 5.75 Å². The molecule has 1 fully saturated rings. The van der Waals surface area contributed by atoms with Gasteiger partial charge in [-0.1, -0.05) is 12.1 Å². The molecule has 1 heterocycles. The number of benzene rings is 1. The van der Waals surface area contributed by atoms with Crippen molar-refractivity contribution in [1.82, 2.24) is 4.90 Å². The number of nitrogens with zero attached hydrogens (tertiary/aromatic N) is 1. The molecule has 1 amide bonds. The number of nitrogens with two attached hydrogens (primary N) is 1. The molecule has 20 heavy (non-hydrogen) atoms. The molecule has 5 nitrogen and oxygen atoms in total. The summed E-state index contributed by atoms with van der Waals surface area (Å²) in [5.41, 5.74) is 6.60. The molecule has 0 saturated carbocycles. The summed E-state index contributed by atoms with van der Waals surface area (Å²) in [4.78, 5) is 14.3. The molecule has 2 rings (SSSR count). The third kappa shape index (κ3) is 3.49. The quantitative estimate of drug-likeness (QED) is 0.885. The van der Waals surface area contributed by atoms with Gasteiger partial charge in [-0.15, -0.1) is 0 Å². The maximum Gasteiger partial charge on any atom is 0.227 e. The van der Waals surface area contributed by atoms with Gasteiger partial charge in [-0.2, -0.15) is 0 Å². The highest BCUT2D eigenvalue weighted by Gasteiger charge is 2.28. The van der Waals surface area contributed by atoms with Crippen LogP contribution in [-0.4, -0.2) is 49.8 Å². The fourth-order valence-corrected chi connectivity index (χ4v) is 2.33. The van der Waals surface area contributed by atoms with Crippen molar-refractivity contribution in [2.24, 2.45) is 5.73 Å². The standard InChI is InChI=1S/C15H22N2O3/c1-11-10-20-14(8-16)9-17(11)15(18)7-12-3-5-13(19-2)6-4-12/h3-6,11,14H,7-10,16H2,1-2H3. The predicted octanol–water partition coefficient (Wildman–Crippen LogP) is 0.812. The van der Waals surface area contributed by atoms with Gasteiger partial charge >= 0.3 is 0 Å². The highest BCUT2D eigenvalue weighted by atomic mass is 16.5. The fourth-order valence-electron chi connectivity index (χ4n) is 2.33. The van der Waals surface area contributed by atoms with Crippen LogP contribution in [0.3, 0.4) is 0 Å². The Hall–Kier alpha value is -1.59. The predicted molar refractivity (Wildman–Crippen MR) is 76.7 cm³/mol. The van der Waals surface area contributed by atoms with Crippen molar-refractivity contribution in [3.05, 3.63) is 29.8 Å². The monoisotopic (exact) mass is 278 g/mol. The van der Waals surface area contributed by atoms with Gasteiger partial charge in [0.25, 0.3) is 0 Å². The molecule has 2 unspecified atom stereocenters. The van der Waals surface area contributed by atoms with Crippen molar-refractivity contribution in [2.75, 3.05) is 26.8 Å². The number of carbonyl (C=O) groups excluding carboxylic acids is 1. The number of amides is 1. The van der Waals surface area contributed by atoms with Gasteiger partial charge in [0.15, 0.2) is 0 Å². The van der Waals surface area contributed by atoms with Gasteiger partial charge in [0.1, 0.15) is 5.75 Å². The van der Waals surface area contributed by atoms with Crippen LogP contribution in [0.1, 0.15) is 12.5 Å². The molecular formula is C15H22N2O3. The molecule has 2 N–H and O–H groups in total. The fraction of sp³-hybridized carbons (Fsp3) is 0.533. The van der Waals surface area contributed by atoms with E-state index in [1.165, 1.54) is 0 Å². The topological polar surface area (TPSA) is 64.8 Å². The maximum atomic E-state index is 12.4. The average molecular weight is 278 g/mol. The van der Waals surface area contributed by atoms with E-state index in [1.54, 1.807) is 7.11 Å². The summed E-state index contributed by atoms with van der Waals surface area (Å²) in [5.74, 6) is 0.911. The summed E-state index contributed by atoms with van der Waals surface area (Å²) in [6.07, 6.45) is 0.344. The van der Waals surface area contributed by atoms with Crippen molar-refractivity contribution in [1.29, 1.82) is 0 Å². The number of ether oxygens (including phenoxy) is 2. The Bertz CT molecular complexity index is 447. The Morgan fingerprint density at radius 1 is 1.45 bits per heavy atom. The third-order valence-electron chi connectivity index (χ3n) is 3.60. The normalized spacial score (nSPS) is 22.6. The number of rotatable bonds is 4. The largest absolute Gasteiger partial charge is 0.497 e. The van der Waals surface area contributed by atoms with Crippen LogP contribution in [0.15, 0.2) is 24.3 Å². The Kier molecular flexibility index (Phi) is 4.98. The van der Waals surface area contributed by atoms with E-state index in [2.05, 4.69) is 0 Å². The molecule has 0 radical (unpaired) electrons. The highest BCUT2D eigenvalue weighted by molar-refractivity contribution is 5.79. The number of hydrogen-bond donors (Lipinski definition) is 1. The summed E-state index contributed by atoms with van der Waals surface area (Å²) < 4.78 is 10.7. The van der Waals surface area contributed by atoms with E-state index in [1.807, 2.05) is 36.1 Å². The lowest BCUT2D eigenvalue weighted by Gasteiger charge is -2.37. The summed E-state index contributed by atoms with van der Waals surface area (Å²) in [6.45, 7) is 3.57. The van der Waals surface area contributed by atoms with Crippen LogP contribution in [0.5, 0.6) is 5.75 Å². The first-order valence-electron chi connectivity index (χ1n) is 6.88. The van der Waals surface area contributed by atoms with Gasteiger partial charge in [0.2, 0.25) is 5.91 Å². The molecule has 1 aliphatic heterocycles. The molecular weight excluding hydrogens is 256 g/mol. The molecule has 2 atom stereocenters. The van der Waals surface area contributed by atoms with Crippen LogP contribution in [0.4, 0.5) is 0 Å². The van der Waals surface area contributed by atoms with E-state index >= 15 is 0 Å². The SMILES string of the molecule is COc1ccc(CC(=O)N2CC(CN)OCC2C)cc1. The summed E-state index contributed by atoms with van der Waals surface area (Å²) in [7, 11) is 1.63. The molecule has 1 saturated heterocycles. The van der Waals surface area contributed by atoms with Gasteiger partial charge < -0.3 is 20.1 Å². The molecule has 0 aliphatic carbocycles. The highest BCUT2D eigenvalue weighted by Crippen LogP contribution is 2.16. The second-order valence-electron chi connectivity index (χ2n) is 5.11. The minimum absolute atomic E-state index is 0.0500. The summed E-state index contributed by atoms with van der Waals surface area (Å²) in [5, 5.41) is 0. The molecule has 1 aromatic rings. The van der Waals surface area contributed by atoms with Gasteiger partial charge in [-0.05, 0) is 24.6 Å². The van der Waals surface area contributed by atoms with E-state index in [9.17, 15) is 4.79 Å². The zero-order valence-corrected chi connectivity index (χ0v) is 12.0. The molecule has 1 aromatic carbocycles. The van der Waals surface area contributed by atoms with Crippen LogP contribution in [0.25, 0.3) is 0 Å². The number of morpholine rings is 1. The second kappa shape index (κ2) is 6.72. The first-order chi connectivity index (χ1) is 9.63. The maximum absolute atomic E-state index is 12.4. The molecule has 1 aliphatic rings. The van der Waals surface area contributed by atoms with E-state index in [4.69, 9.17) is 15.2 Å². The lowest BCUT2D eigenvalue weighted by atomic mass is 10.1. The van der Waals surface area contributed by atoms with Crippen molar-refractivity contribution >= 4 is 5.91 Å². The first kappa shape index (κ1) is 14.8. The molecule has 0 bridgehead atoms. The smallest absolute Gasteiger partial charge is 0.227 e. The van der Waals surface area contributed by atoms with E-state index < -0.39 is 0 Å². The Balaban J connectivity index is 1.98. The summed E-state index contributed by atoms with van der Waals surface area (Å²) in [6, 6.07) is 7.68. The van der Waals surface area contributed by atoms with Crippen LogP contribution in [0.2, 0.25) is 0 Å². The number of carbonyl (C=O) groups is 1. The second-order valence-corrected chi connectivity index (χ2v) is 5.11. The van der Waals surface area contributed by atoms with E-state index in [0.29, 0.717) is 26.1 Å². The molecule has 110 valence electrons. The van der Waals surface area contributed by atoms with Gasteiger partial charge in [0.05, 0.1) is 32.3 Å². The minimum atomic E-state index is -0.0500. The number of hydrogen-bond acceptors (Lipinski definition) is 4. The zero-order valence-electron chi connectivity index (χ0n) is 12.0. The zero-order chi connectivity index (χ0) is 14.5. The van der Waals surface area contributed by atoms with Gasteiger partial charge in [-0.3, -0.25) is 4.79 Å². The van der Waals surface area contributed by atoms with Crippen LogP contribution in [-0.2, 0) is 16.0 Å². The van der Waals surface area contributed by atoms with Crippen molar-refractivity contribution in [2.45, 2.75) is 25.5 Å². The van der Waals surface area contributed by atoms with Crippen molar-refractivity contribution in [3.63, 3.8) is 0 Å². The van der Waals surface area contributed by atoms with Gasteiger partial charge in [0, 0.05) is 13.1 Å². The first-order valence-corrected chi connectivity index (χ1v) is 6.88. The lowest BCUT2D eigenvalue weighted by Crippen LogP contribution is -2.53. The van der Waals surface area contributed by atoms with E-state index in [0.717, 1.165) is 11.3 Å². The van der Waals surface area contributed by atoms with Crippen molar-refractivity contribution < 1.29 is 14.3 Å². The molecule has 0 aromatic heterocycles. The molecule has 5 heteroatoms. The van der Waals surface area contributed by atoms with Crippen LogP contribution < -0.4 is 10.5 Å². The van der Waals surface area contributed by atoms with Crippen LogP contribution in [0, 0.1) is 0 Å². The Labute approximate surface area is 119 Å². The van der Waals surface area contributed by atoms with E-state index in [-0.39, 0.29) is 18.1 Å². The van der Waals surface area contributed by atoms with Gasteiger partial charge in [-0.25, -0.2) is 0 Å². The Morgan fingerprint density at radius 3 is 2.75 bits per heavy atom. The third-order valence-corrected chi connectivity index (χ3v) is 3.60. The minimum Gasteiger partial charge on any atom is -0.497 e. The average Bonchev–Trinajstić information content (AvgIpc) is 2.48. The summed E-state index contributed by atoms with van der Waals surface area (Å²) >= 11 is 0. The Morgan fingerprint density at radius 2 is 2.15 bits per heavy atom. The van der Waals surface area contributed by atoms with Crippen LogP contribution >= 0.6 is 0 Å². The molecule has 0 spiro atoms.